The molecule has 0 bridgehead atoms. The second kappa shape index (κ2) is 5.32. The van der Waals surface area contributed by atoms with Gasteiger partial charge in [-0.3, -0.25) is 10.3 Å². The van der Waals surface area contributed by atoms with E-state index in [-0.39, 0.29) is 0 Å². The van der Waals surface area contributed by atoms with Crippen molar-refractivity contribution in [1.82, 2.24) is 4.98 Å². The number of pyridine rings is 1. The van der Waals surface area contributed by atoms with Crippen molar-refractivity contribution in [2.45, 2.75) is 0 Å². The average molecular weight is 249 g/mol. The molecule has 2 rings (SSSR count). The number of carbonyl (C=O) groups is 1. The number of aromatic nitrogens is 1. The lowest BCUT2D eigenvalue weighted by atomic mass is 10.3. The van der Waals surface area contributed by atoms with Crippen LogP contribution in [-0.4, -0.2) is 11.1 Å². The third-order valence-corrected chi connectivity index (χ3v) is 2.20. The van der Waals surface area contributed by atoms with E-state index in [0.29, 0.717) is 16.5 Å². The molecule has 0 atom stereocenters. The monoisotopic (exact) mass is 248 g/mol. The van der Waals surface area contributed by atoms with Crippen molar-refractivity contribution in [3.8, 4) is 5.75 Å². The number of hydrogen-bond donors (Lipinski definition) is 1. The fraction of sp³-hybridized carbons (Fsp3) is 0. The Balaban J connectivity index is 1.96. The summed E-state index contributed by atoms with van der Waals surface area (Å²) in [6, 6.07) is 9.88. The van der Waals surface area contributed by atoms with Crippen molar-refractivity contribution in [2.24, 2.45) is 0 Å². The van der Waals surface area contributed by atoms with Crippen LogP contribution in [0.3, 0.4) is 0 Å². The van der Waals surface area contributed by atoms with Crippen molar-refractivity contribution in [3.63, 3.8) is 0 Å². The van der Waals surface area contributed by atoms with E-state index in [2.05, 4.69) is 10.3 Å². The molecule has 0 aliphatic heterocycles. The van der Waals surface area contributed by atoms with Gasteiger partial charge in [0, 0.05) is 23.1 Å². The maximum atomic E-state index is 11.5. The Bertz CT molecular complexity index is 500. The first-order valence-electron chi connectivity index (χ1n) is 4.88. The van der Waals surface area contributed by atoms with E-state index in [9.17, 15) is 4.79 Å². The molecule has 0 aliphatic rings. The van der Waals surface area contributed by atoms with E-state index in [1.54, 1.807) is 48.8 Å². The van der Waals surface area contributed by atoms with Crippen molar-refractivity contribution in [3.05, 3.63) is 53.8 Å². The van der Waals surface area contributed by atoms with Crippen molar-refractivity contribution in [2.75, 3.05) is 5.32 Å². The van der Waals surface area contributed by atoms with Gasteiger partial charge in [-0.15, -0.1) is 0 Å². The van der Waals surface area contributed by atoms with Crippen LogP contribution in [-0.2, 0) is 0 Å². The van der Waals surface area contributed by atoms with E-state index in [1.165, 1.54) is 0 Å². The van der Waals surface area contributed by atoms with Crippen LogP contribution in [0.2, 0.25) is 5.02 Å². The molecule has 1 aromatic heterocycles. The van der Waals surface area contributed by atoms with Gasteiger partial charge in [0.1, 0.15) is 5.75 Å². The molecular weight excluding hydrogens is 240 g/mol. The summed E-state index contributed by atoms with van der Waals surface area (Å²) in [6.07, 6.45) is 2.61. The topological polar surface area (TPSA) is 51.2 Å². The Morgan fingerprint density at radius 3 is 2.41 bits per heavy atom. The van der Waals surface area contributed by atoms with E-state index < -0.39 is 6.09 Å². The zero-order valence-corrected chi connectivity index (χ0v) is 9.52. The average Bonchev–Trinajstić information content (AvgIpc) is 2.33. The molecule has 1 heterocycles. The molecule has 1 aromatic carbocycles. The van der Waals surface area contributed by atoms with Gasteiger partial charge < -0.3 is 4.74 Å². The number of nitrogens with one attached hydrogen (secondary N) is 1. The number of benzene rings is 1. The number of hydrogen-bond acceptors (Lipinski definition) is 3. The molecule has 0 radical (unpaired) electrons. The molecule has 4 nitrogen and oxygen atoms in total. The summed E-state index contributed by atoms with van der Waals surface area (Å²) in [5, 5.41) is 3.16. The third-order valence-electron chi connectivity index (χ3n) is 1.95. The Morgan fingerprint density at radius 1 is 1.12 bits per heavy atom. The summed E-state index contributed by atoms with van der Waals surface area (Å²) in [5.74, 6) is 0.431. The maximum absolute atomic E-state index is 11.5. The van der Waals surface area contributed by atoms with Crippen LogP contribution in [0.1, 0.15) is 0 Å². The normalized spacial score (nSPS) is 9.71. The fourth-order valence-electron chi connectivity index (χ4n) is 1.19. The Morgan fingerprint density at radius 2 is 1.76 bits per heavy atom. The first-order chi connectivity index (χ1) is 8.24. The maximum Gasteiger partial charge on any atom is 0.417 e. The molecule has 0 saturated carbocycles. The van der Waals surface area contributed by atoms with E-state index in [1.807, 2.05) is 0 Å². The predicted octanol–water partition coefficient (Wildman–Crippen LogP) is 3.35. The van der Waals surface area contributed by atoms with Gasteiger partial charge in [0.15, 0.2) is 0 Å². The summed E-state index contributed by atoms with van der Waals surface area (Å²) < 4.78 is 5.04. The molecule has 0 aliphatic carbocycles. The Hall–Kier alpha value is -2.07. The molecule has 86 valence electrons. The SMILES string of the molecule is O=C(Nc1ccncc1)Oc1ccc(Cl)cc1. The van der Waals surface area contributed by atoms with Crippen LogP contribution in [0.15, 0.2) is 48.8 Å². The molecule has 1 N–H and O–H groups in total. The molecule has 17 heavy (non-hydrogen) atoms. The summed E-state index contributed by atoms with van der Waals surface area (Å²) in [4.78, 5) is 15.3. The summed E-state index contributed by atoms with van der Waals surface area (Å²) in [7, 11) is 0. The zero-order valence-electron chi connectivity index (χ0n) is 8.76. The Labute approximate surface area is 103 Å². The second-order valence-corrected chi connectivity index (χ2v) is 3.64. The van der Waals surface area contributed by atoms with E-state index in [4.69, 9.17) is 16.3 Å². The van der Waals surface area contributed by atoms with Crippen molar-refractivity contribution < 1.29 is 9.53 Å². The fourth-order valence-corrected chi connectivity index (χ4v) is 1.31. The van der Waals surface area contributed by atoms with Crippen LogP contribution in [0.25, 0.3) is 0 Å². The highest BCUT2D eigenvalue weighted by atomic mass is 35.5. The number of amides is 1. The zero-order chi connectivity index (χ0) is 12.1. The van der Waals surface area contributed by atoms with E-state index in [0.717, 1.165) is 0 Å². The molecule has 0 spiro atoms. The van der Waals surface area contributed by atoms with Gasteiger partial charge in [-0.05, 0) is 36.4 Å². The minimum absolute atomic E-state index is 0.431. The van der Waals surface area contributed by atoms with Gasteiger partial charge in [-0.2, -0.15) is 0 Å². The lowest BCUT2D eigenvalue weighted by Crippen LogP contribution is -2.16. The quantitative estimate of drug-likeness (QED) is 0.887. The van der Waals surface area contributed by atoms with E-state index >= 15 is 0 Å². The lowest BCUT2D eigenvalue weighted by Gasteiger charge is -2.05. The van der Waals surface area contributed by atoms with Gasteiger partial charge in [-0.1, -0.05) is 11.6 Å². The van der Waals surface area contributed by atoms with Crippen LogP contribution >= 0.6 is 11.6 Å². The van der Waals surface area contributed by atoms with Crippen LogP contribution in [0.4, 0.5) is 10.5 Å². The van der Waals surface area contributed by atoms with Gasteiger partial charge in [0.2, 0.25) is 0 Å². The minimum atomic E-state index is -0.557. The van der Waals surface area contributed by atoms with Crippen LogP contribution in [0, 0.1) is 0 Å². The smallest absolute Gasteiger partial charge is 0.410 e. The predicted molar refractivity (Wildman–Crippen MR) is 65.3 cm³/mol. The van der Waals surface area contributed by atoms with Crippen molar-refractivity contribution >= 4 is 23.4 Å². The molecule has 0 saturated heterocycles. The van der Waals surface area contributed by atoms with Crippen LogP contribution < -0.4 is 10.1 Å². The number of carbonyl (C=O) groups excluding carboxylic acids is 1. The van der Waals surface area contributed by atoms with Gasteiger partial charge in [-0.25, -0.2) is 4.79 Å². The number of rotatable bonds is 2. The standard InChI is InChI=1S/C12H9ClN2O2/c13-9-1-3-11(4-2-9)17-12(16)15-10-5-7-14-8-6-10/h1-8H,(H,14,15,16). The minimum Gasteiger partial charge on any atom is -0.410 e. The second-order valence-electron chi connectivity index (χ2n) is 3.20. The molecule has 5 heteroatoms. The largest absolute Gasteiger partial charge is 0.417 e. The van der Waals surface area contributed by atoms with Gasteiger partial charge in [0.05, 0.1) is 0 Å². The summed E-state index contributed by atoms with van der Waals surface area (Å²) in [5.41, 5.74) is 0.624. The molecule has 1 amide bonds. The molecule has 0 unspecified atom stereocenters. The first-order valence-corrected chi connectivity index (χ1v) is 5.26. The summed E-state index contributed by atoms with van der Waals surface area (Å²) >= 11 is 5.71. The lowest BCUT2D eigenvalue weighted by molar-refractivity contribution is 0.215. The Kier molecular flexibility index (Phi) is 3.57. The molecule has 0 fully saturated rings. The number of ether oxygens (including phenoxy) is 1. The highest BCUT2D eigenvalue weighted by Gasteiger charge is 2.04. The highest BCUT2D eigenvalue weighted by Crippen LogP contribution is 2.16. The van der Waals surface area contributed by atoms with Crippen LogP contribution in [0.5, 0.6) is 5.75 Å². The number of halogens is 1. The van der Waals surface area contributed by atoms with Crippen molar-refractivity contribution in [1.29, 1.82) is 0 Å². The molecular formula is C12H9ClN2O2. The number of nitrogens with zero attached hydrogens (tertiary/aromatic N) is 1. The third kappa shape index (κ3) is 3.46. The first kappa shape index (κ1) is 11.4. The molecule has 2 aromatic rings. The number of anilines is 1. The highest BCUT2D eigenvalue weighted by molar-refractivity contribution is 6.30. The van der Waals surface area contributed by atoms with Gasteiger partial charge >= 0.3 is 6.09 Å². The summed E-state index contributed by atoms with van der Waals surface area (Å²) in [6.45, 7) is 0. The van der Waals surface area contributed by atoms with Gasteiger partial charge in [0.25, 0.3) is 0 Å².